The maximum absolute atomic E-state index is 12.5. The first kappa shape index (κ1) is 12.2. The number of aromatic nitrogens is 2. The van der Waals surface area contributed by atoms with Gasteiger partial charge in [-0.3, -0.25) is 9.89 Å². The molecule has 3 rings (SSSR count). The summed E-state index contributed by atoms with van der Waals surface area (Å²) in [4.78, 5) is 14.3. The Morgan fingerprint density at radius 2 is 2.32 bits per heavy atom. The molecule has 100 valence electrons. The van der Waals surface area contributed by atoms with Gasteiger partial charge in [0.05, 0.1) is 18.3 Å². The zero-order valence-electron chi connectivity index (χ0n) is 10.7. The van der Waals surface area contributed by atoms with Crippen molar-refractivity contribution in [1.29, 1.82) is 0 Å². The second-order valence-electron chi connectivity index (χ2n) is 4.98. The number of aliphatic hydroxyl groups excluding tert-OH is 1. The summed E-state index contributed by atoms with van der Waals surface area (Å²) in [5, 5.41) is 16.9. The van der Waals surface area contributed by atoms with E-state index >= 15 is 0 Å². The maximum Gasteiger partial charge on any atom is 0.254 e. The summed E-state index contributed by atoms with van der Waals surface area (Å²) in [5.74, 6) is 0.00171. The van der Waals surface area contributed by atoms with E-state index < -0.39 is 0 Å². The van der Waals surface area contributed by atoms with Gasteiger partial charge in [0.2, 0.25) is 0 Å². The standard InChI is InChI=1S/C14H17N3O2/c18-7-6-17(12-2-1-3-12)14(19)10-4-5-13-11(8-10)9-15-16-13/h4-5,8-9,12,18H,1-3,6-7H2,(H,15,16). The Balaban J connectivity index is 1.87. The molecule has 1 amide bonds. The topological polar surface area (TPSA) is 69.2 Å². The first-order chi connectivity index (χ1) is 9.29. The molecule has 0 spiro atoms. The highest BCUT2D eigenvalue weighted by Gasteiger charge is 2.28. The first-order valence-electron chi connectivity index (χ1n) is 6.64. The lowest BCUT2D eigenvalue weighted by Gasteiger charge is -2.37. The third-order valence-corrected chi connectivity index (χ3v) is 3.80. The molecule has 1 aromatic heterocycles. The molecule has 1 aliphatic carbocycles. The van der Waals surface area contributed by atoms with Crippen LogP contribution in [0.25, 0.3) is 10.9 Å². The van der Waals surface area contributed by atoms with Gasteiger partial charge in [-0.2, -0.15) is 5.10 Å². The Labute approximate surface area is 111 Å². The fourth-order valence-corrected chi connectivity index (χ4v) is 2.50. The SMILES string of the molecule is O=C(c1ccc2[nH]ncc2c1)N(CCO)C1CCC1. The number of amides is 1. The highest BCUT2D eigenvalue weighted by molar-refractivity contribution is 5.98. The molecule has 0 atom stereocenters. The quantitative estimate of drug-likeness (QED) is 0.875. The third kappa shape index (κ3) is 2.21. The van der Waals surface area contributed by atoms with Crippen molar-refractivity contribution in [2.75, 3.05) is 13.2 Å². The zero-order valence-corrected chi connectivity index (χ0v) is 10.7. The van der Waals surface area contributed by atoms with Crippen LogP contribution in [0.15, 0.2) is 24.4 Å². The van der Waals surface area contributed by atoms with Crippen molar-refractivity contribution in [2.24, 2.45) is 0 Å². The van der Waals surface area contributed by atoms with E-state index in [1.54, 1.807) is 11.1 Å². The summed E-state index contributed by atoms with van der Waals surface area (Å²) in [6.45, 7) is 0.420. The minimum atomic E-state index is 0.00171. The van der Waals surface area contributed by atoms with Gasteiger partial charge in [-0.1, -0.05) is 0 Å². The van der Waals surface area contributed by atoms with Crippen molar-refractivity contribution in [2.45, 2.75) is 25.3 Å². The van der Waals surface area contributed by atoms with Crippen LogP contribution in [0, 0.1) is 0 Å². The van der Waals surface area contributed by atoms with Gasteiger partial charge in [-0.25, -0.2) is 0 Å². The second-order valence-corrected chi connectivity index (χ2v) is 4.98. The van der Waals surface area contributed by atoms with Crippen molar-refractivity contribution in [1.82, 2.24) is 15.1 Å². The van der Waals surface area contributed by atoms with Crippen LogP contribution in [0.5, 0.6) is 0 Å². The number of hydrogen-bond acceptors (Lipinski definition) is 3. The molecule has 1 fully saturated rings. The van der Waals surface area contributed by atoms with Gasteiger partial charge in [0.15, 0.2) is 0 Å². The Morgan fingerprint density at radius 3 is 3.00 bits per heavy atom. The van der Waals surface area contributed by atoms with Gasteiger partial charge in [-0.15, -0.1) is 0 Å². The number of nitrogens with one attached hydrogen (secondary N) is 1. The van der Waals surface area contributed by atoms with Crippen molar-refractivity contribution >= 4 is 16.8 Å². The predicted octanol–water partition coefficient (Wildman–Crippen LogP) is 1.55. The Bertz CT molecular complexity index is 589. The molecule has 0 bridgehead atoms. The molecule has 2 aromatic rings. The number of hydrogen-bond donors (Lipinski definition) is 2. The monoisotopic (exact) mass is 259 g/mol. The fraction of sp³-hybridized carbons (Fsp3) is 0.429. The van der Waals surface area contributed by atoms with Crippen LogP contribution in [-0.4, -0.2) is 45.3 Å². The van der Waals surface area contributed by atoms with E-state index in [-0.39, 0.29) is 12.5 Å². The molecule has 0 aliphatic heterocycles. The third-order valence-electron chi connectivity index (χ3n) is 3.80. The summed E-state index contributed by atoms with van der Waals surface area (Å²) < 4.78 is 0. The Morgan fingerprint density at radius 1 is 1.47 bits per heavy atom. The number of aromatic amines is 1. The van der Waals surface area contributed by atoms with Crippen LogP contribution in [0.2, 0.25) is 0 Å². The zero-order chi connectivity index (χ0) is 13.2. The number of H-pyrrole nitrogens is 1. The molecule has 1 heterocycles. The average molecular weight is 259 g/mol. The minimum absolute atomic E-state index is 0.00171. The van der Waals surface area contributed by atoms with Crippen LogP contribution < -0.4 is 0 Å². The lowest BCUT2D eigenvalue weighted by molar-refractivity contribution is 0.0526. The summed E-state index contributed by atoms with van der Waals surface area (Å²) in [7, 11) is 0. The molecule has 1 saturated carbocycles. The number of benzene rings is 1. The fourth-order valence-electron chi connectivity index (χ4n) is 2.50. The van der Waals surface area contributed by atoms with Crippen molar-refractivity contribution in [3.63, 3.8) is 0 Å². The van der Waals surface area contributed by atoms with Gasteiger partial charge in [0.1, 0.15) is 0 Å². The molecule has 0 unspecified atom stereocenters. The van der Waals surface area contributed by atoms with Gasteiger partial charge < -0.3 is 10.0 Å². The van der Waals surface area contributed by atoms with Gasteiger partial charge in [-0.05, 0) is 37.5 Å². The summed E-state index contributed by atoms with van der Waals surface area (Å²) >= 11 is 0. The summed E-state index contributed by atoms with van der Waals surface area (Å²) in [6, 6.07) is 5.82. The molecule has 1 aromatic carbocycles. The molecule has 5 heteroatoms. The first-order valence-corrected chi connectivity index (χ1v) is 6.64. The van der Waals surface area contributed by atoms with E-state index in [0.717, 1.165) is 23.7 Å². The van der Waals surface area contributed by atoms with Crippen molar-refractivity contribution in [3.8, 4) is 0 Å². The van der Waals surface area contributed by atoms with E-state index in [1.807, 2.05) is 18.2 Å². The number of fused-ring (bicyclic) bond motifs is 1. The van der Waals surface area contributed by atoms with Crippen LogP contribution >= 0.6 is 0 Å². The molecule has 2 N–H and O–H groups in total. The summed E-state index contributed by atoms with van der Waals surface area (Å²) in [5.41, 5.74) is 1.59. The van der Waals surface area contributed by atoms with E-state index in [4.69, 9.17) is 5.11 Å². The molecule has 1 aliphatic rings. The molecule has 0 radical (unpaired) electrons. The van der Waals surface area contributed by atoms with E-state index in [2.05, 4.69) is 10.2 Å². The van der Waals surface area contributed by atoms with Gasteiger partial charge in [0.25, 0.3) is 5.91 Å². The minimum Gasteiger partial charge on any atom is -0.395 e. The lowest BCUT2D eigenvalue weighted by atomic mass is 9.91. The normalized spacial score (nSPS) is 15.4. The molecule has 0 saturated heterocycles. The number of carbonyl (C=O) groups excluding carboxylic acids is 1. The lowest BCUT2D eigenvalue weighted by Crippen LogP contribution is -2.45. The molecule has 5 nitrogen and oxygen atoms in total. The summed E-state index contributed by atoms with van der Waals surface area (Å²) in [6.07, 6.45) is 4.96. The smallest absolute Gasteiger partial charge is 0.254 e. The van der Waals surface area contributed by atoms with E-state index in [9.17, 15) is 4.79 Å². The second kappa shape index (κ2) is 5.01. The molecule has 19 heavy (non-hydrogen) atoms. The molecular weight excluding hydrogens is 242 g/mol. The Hall–Kier alpha value is -1.88. The number of carbonyl (C=O) groups is 1. The van der Waals surface area contributed by atoms with Gasteiger partial charge >= 0.3 is 0 Å². The number of nitrogens with zero attached hydrogens (tertiary/aromatic N) is 2. The predicted molar refractivity (Wildman–Crippen MR) is 71.9 cm³/mol. The van der Waals surface area contributed by atoms with Crippen LogP contribution in [-0.2, 0) is 0 Å². The number of rotatable bonds is 4. The number of aliphatic hydroxyl groups is 1. The van der Waals surface area contributed by atoms with E-state index in [1.165, 1.54) is 6.42 Å². The van der Waals surface area contributed by atoms with Crippen LogP contribution in [0.1, 0.15) is 29.6 Å². The van der Waals surface area contributed by atoms with Crippen molar-refractivity contribution in [3.05, 3.63) is 30.0 Å². The largest absolute Gasteiger partial charge is 0.395 e. The molecular formula is C14H17N3O2. The maximum atomic E-state index is 12.5. The van der Waals surface area contributed by atoms with Crippen molar-refractivity contribution < 1.29 is 9.90 Å². The van der Waals surface area contributed by atoms with Crippen LogP contribution in [0.4, 0.5) is 0 Å². The van der Waals surface area contributed by atoms with E-state index in [0.29, 0.717) is 18.2 Å². The van der Waals surface area contributed by atoms with Crippen LogP contribution in [0.3, 0.4) is 0 Å². The highest BCUT2D eigenvalue weighted by Crippen LogP contribution is 2.26. The average Bonchev–Trinajstić information content (AvgIpc) is 2.82. The highest BCUT2D eigenvalue weighted by atomic mass is 16.3. The Kier molecular flexibility index (Phi) is 3.21. The van der Waals surface area contributed by atoms with Gasteiger partial charge in [0, 0.05) is 23.5 Å².